The molecule has 3 N–H and O–H groups in total. The molecule has 1 aliphatic rings. The number of rotatable bonds is 3. The molecular weight excluding hydrogens is 252 g/mol. The molecule has 2 aromatic heterocycles. The molecule has 1 aliphatic heterocycles. The molecule has 1 unspecified atom stereocenters. The van der Waals surface area contributed by atoms with Crippen molar-refractivity contribution in [3.63, 3.8) is 0 Å². The average molecular weight is 266 g/mol. The van der Waals surface area contributed by atoms with E-state index in [1.165, 1.54) is 27.5 Å². The predicted molar refractivity (Wildman–Crippen MR) is 72.1 cm³/mol. The monoisotopic (exact) mass is 266 g/mol. The van der Waals surface area contributed by atoms with E-state index in [0.29, 0.717) is 0 Å². The first-order valence-electron chi connectivity index (χ1n) is 5.57. The Kier molecular flexibility index (Phi) is 3.24. The minimum Gasteiger partial charge on any atom is -0.467 e. The Labute approximate surface area is 108 Å². The van der Waals surface area contributed by atoms with Crippen molar-refractivity contribution in [3.8, 4) is 0 Å². The van der Waals surface area contributed by atoms with E-state index in [0.717, 1.165) is 11.5 Å². The van der Waals surface area contributed by atoms with Crippen molar-refractivity contribution >= 4 is 23.1 Å². The number of furan rings is 1. The van der Waals surface area contributed by atoms with Gasteiger partial charge in [0, 0.05) is 15.5 Å². The molecule has 3 nitrogen and oxygen atoms in total. The summed E-state index contributed by atoms with van der Waals surface area (Å²) in [5, 5.41) is 0. The van der Waals surface area contributed by atoms with Gasteiger partial charge in [-0.2, -0.15) is 11.8 Å². The third-order valence-electron chi connectivity index (χ3n) is 2.93. The van der Waals surface area contributed by atoms with E-state index in [1.807, 2.05) is 35.2 Å². The summed E-state index contributed by atoms with van der Waals surface area (Å²) in [6.07, 6.45) is 2.86. The third-order valence-corrected chi connectivity index (χ3v) is 5.24. The van der Waals surface area contributed by atoms with Crippen LogP contribution in [-0.4, -0.2) is 5.75 Å². The first-order valence-corrected chi connectivity index (χ1v) is 7.54. The Morgan fingerprint density at radius 1 is 1.47 bits per heavy atom. The number of hydrogen-bond donors (Lipinski definition) is 2. The van der Waals surface area contributed by atoms with E-state index in [4.69, 9.17) is 10.3 Å². The average Bonchev–Trinajstić information content (AvgIpc) is 2.98. The molecule has 0 bridgehead atoms. The predicted octanol–water partition coefficient (Wildman–Crippen LogP) is 2.68. The summed E-state index contributed by atoms with van der Waals surface area (Å²) in [6.45, 7) is 0. The van der Waals surface area contributed by atoms with Crippen molar-refractivity contribution in [2.75, 3.05) is 5.75 Å². The highest BCUT2D eigenvalue weighted by molar-refractivity contribution is 7.98. The molecular formula is C12H14N2OS2. The highest BCUT2D eigenvalue weighted by Gasteiger charge is 2.21. The standard InChI is InChI=1S/C12H14N2OS2/c13-14-12(9-2-1-4-15-9)11-6-8-7-16-5-3-10(8)17-11/h1-2,4,6,12,14H,3,5,7,13H2. The lowest BCUT2D eigenvalue weighted by atomic mass is 10.1. The maximum atomic E-state index is 5.65. The van der Waals surface area contributed by atoms with Gasteiger partial charge >= 0.3 is 0 Å². The lowest BCUT2D eigenvalue weighted by Gasteiger charge is -2.10. The molecule has 0 aliphatic carbocycles. The number of thiophene rings is 1. The van der Waals surface area contributed by atoms with E-state index in [2.05, 4.69) is 11.5 Å². The molecule has 17 heavy (non-hydrogen) atoms. The van der Waals surface area contributed by atoms with Crippen molar-refractivity contribution in [2.24, 2.45) is 5.84 Å². The number of nitrogens with two attached hydrogens (primary N) is 1. The Balaban J connectivity index is 1.94. The van der Waals surface area contributed by atoms with E-state index in [1.54, 1.807) is 6.26 Å². The van der Waals surface area contributed by atoms with E-state index >= 15 is 0 Å². The zero-order valence-corrected chi connectivity index (χ0v) is 10.9. The maximum absolute atomic E-state index is 5.65. The fraction of sp³-hybridized carbons (Fsp3) is 0.333. The van der Waals surface area contributed by atoms with Gasteiger partial charge in [0.2, 0.25) is 0 Å². The Morgan fingerprint density at radius 3 is 3.12 bits per heavy atom. The molecule has 1 atom stereocenters. The van der Waals surface area contributed by atoms with Crippen LogP contribution in [0.1, 0.15) is 27.1 Å². The molecule has 90 valence electrons. The Hall–Kier alpha value is -0.750. The van der Waals surface area contributed by atoms with Crippen LogP contribution in [0.5, 0.6) is 0 Å². The zero-order chi connectivity index (χ0) is 11.7. The molecule has 0 saturated carbocycles. The molecule has 0 amide bonds. The van der Waals surface area contributed by atoms with E-state index < -0.39 is 0 Å². The van der Waals surface area contributed by atoms with Crippen molar-refractivity contribution in [1.82, 2.24) is 5.43 Å². The van der Waals surface area contributed by atoms with Crippen molar-refractivity contribution in [2.45, 2.75) is 18.2 Å². The molecule has 0 fully saturated rings. The number of hydrazine groups is 1. The Bertz CT molecular complexity index is 469. The highest BCUT2D eigenvalue weighted by atomic mass is 32.2. The van der Waals surface area contributed by atoms with Crippen LogP contribution in [0.15, 0.2) is 28.9 Å². The number of aryl methyl sites for hydroxylation is 1. The second-order valence-electron chi connectivity index (χ2n) is 4.01. The first kappa shape index (κ1) is 11.3. The summed E-state index contributed by atoms with van der Waals surface area (Å²) >= 11 is 3.85. The van der Waals surface area contributed by atoms with Crippen LogP contribution < -0.4 is 11.3 Å². The van der Waals surface area contributed by atoms with Crippen LogP contribution in [-0.2, 0) is 12.2 Å². The van der Waals surface area contributed by atoms with Gasteiger partial charge in [-0.3, -0.25) is 5.84 Å². The van der Waals surface area contributed by atoms with Gasteiger partial charge in [0.15, 0.2) is 0 Å². The van der Waals surface area contributed by atoms with Gasteiger partial charge in [-0.15, -0.1) is 11.3 Å². The molecule has 0 radical (unpaired) electrons. The van der Waals surface area contributed by atoms with Gasteiger partial charge in [-0.25, -0.2) is 5.43 Å². The fourth-order valence-electron chi connectivity index (χ4n) is 2.07. The van der Waals surface area contributed by atoms with Gasteiger partial charge in [0.1, 0.15) is 11.8 Å². The minimum atomic E-state index is -0.0226. The number of thioether (sulfide) groups is 1. The number of nitrogens with one attached hydrogen (secondary N) is 1. The van der Waals surface area contributed by atoms with Crippen LogP contribution in [0.25, 0.3) is 0 Å². The largest absolute Gasteiger partial charge is 0.467 e. The second-order valence-corrected chi connectivity index (χ2v) is 6.29. The van der Waals surface area contributed by atoms with Crippen molar-refractivity contribution in [1.29, 1.82) is 0 Å². The number of hydrogen-bond acceptors (Lipinski definition) is 5. The molecule has 0 aromatic carbocycles. The van der Waals surface area contributed by atoms with Gasteiger partial charge < -0.3 is 4.42 Å². The van der Waals surface area contributed by atoms with Crippen LogP contribution in [0, 0.1) is 0 Å². The quantitative estimate of drug-likeness (QED) is 0.662. The molecule has 0 saturated heterocycles. The smallest absolute Gasteiger partial charge is 0.127 e. The minimum absolute atomic E-state index is 0.0226. The van der Waals surface area contributed by atoms with Crippen molar-refractivity contribution < 1.29 is 4.42 Å². The molecule has 3 rings (SSSR count). The van der Waals surface area contributed by atoms with Gasteiger partial charge in [-0.1, -0.05) is 0 Å². The molecule has 0 spiro atoms. The topological polar surface area (TPSA) is 51.2 Å². The van der Waals surface area contributed by atoms with Gasteiger partial charge in [-0.05, 0) is 35.9 Å². The number of fused-ring (bicyclic) bond motifs is 1. The van der Waals surface area contributed by atoms with Crippen LogP contribution in [0.4, 0.5) is 0 Å². The summed E-state index contributed by atoms with van der Waals surface area (Å²) in [7, 11) is 0. The summed E-state index contributed by atoms with van der Waals surface area (Å²) in [5.74, 6) is 8.88. The van der Waals surface area contributed by atoms with E-state index in [-0.39, 0.29) is 6.04 Å². The first-order chi connectivity index (χ1) is 8.38. The lowest BCUT2D eigenvalue weighted by molar-refractivity contribution is 0.455. The summed E-state index contributed by atoms with van der Waals surface area (Å²) < 4.78 is 5.43. The Morgan fingerprint density at radius 2 is 2.41 bits per heavy atom. The van der Waals surface area contributed by atoms with Crippen molar-refractivity contribution in [3.05, 3.63) is 45.5 Å². The van der Waals surface area contributed by atoms with Gasteiger partial charge in [0.05, 0.1) is 6.26 Å². The fourth-order valence-corrected chi connectivity index (χ4v) is 4.52. The van der Waals surface area contributed by atoms with Crippen LogP contribution >= 0.6 is 23.1 Å². The van der Waals surface area contributed by atoms with Gasteiger partial charge in [0.25, 0.3) is 0 Å². The van der Waals surface area contributed by atoms with Crippen LogP contribution in [0.3, 0.4) is 0 Å². The zero-order valence-electron chi connectivity index (χ0n) is 9.31. The summed E-state index contributed by atoms with van der Waals surface area (Å²) in [5.41, 5.74) is 4.31. The van der Waals surface area contributed by atoms with E-state index in [9.17, 15) is 0 Å². The highest BCUT2D eigenvalue weighted by Crippen LogP contribution is 2.36. The molecule has 3 heterocycles. The maximum Gasteiger partial charge on any atom is 0.127 e. The molecule has 2 aromatic rings. The molecule has 5 heteroatoms. The lowest BCUT2D eigenvalue weighted by Crippen LogP contribution is -2.27. The van der Waals surface area contributed by atoms with Crippen LogP contribution in [0.2, 0.25) is 0 Å². The third kappa shape index (κ3) is 2.15. The summed E-state index contributed by atoms with van der Waals surface area (Å²) in [4.78, 5) is 2.75. The normalized spacial score (nSPS) is 16.8. The second kappa shape index (κ2) is 4.86. The SMILES string of the molecule is NNC(c1ccco1)c1cc2c(s1)CCSC2. The summed E-state index contributed by atoms with van der Waals surface area (Å²) in [6, 6.07) is 6.09.